The minimum Gasteiger partial charge on any atom is -0.508 e. The summed E-state index contributed by atoms with van der Waals surface area (Å²) in [6.07, 6.45) is 5.51. The number of hydrogen-bond acceptors (Lipinski definition) is 3. The molecule has 22 heavy (non-hydrogen) atoms. The second kappa shape index (κ2) is 5.19. The standard InChI is InChI=1S/C18H16INO2/c19-10-4-7-16-15(8-10)12-2-1-3-13(12)18(20-16)14-6-5-11(21)9-17(14)22/h1-2,4-9,12-13,18,20-22H,3H2. The SMILES string of the molecule is Oc1ccc(C2Nc3ccc(I)cc3C3C=CCC32)c(O)c1. The molecule has 2 aromatic carbocycles. The van der Waals surface area contributed by atoms with Gasteiger partial charge in [-0.1, -0.05) is 12.2 Å². The summed E-state index contributed by atoms with van der Waals surface area (Å²) in [6, 6.07) is 11.4. The Bertz CT molecular complexity index is 772. The van der Waals surface area contributed by atoms with Crippen molar-refractivity contribution in [1.82, 2.24) is 0 Å². The normalized spacial score (nSPS) is 25.4. The van der Waals surface area contributed by atoms with Crippen LogP contribution in [0.5, 0.6) is 11.5 Å². The van der Waals surface area contributed by atoms with Gasteiger partial charge in [-0.05, 0) is 70.8 Å². The number of fused-ring (bicyclic) bond motifs is 3. The number of benzene rings is 2. The van der Waals surface area contributed by atoms with Crippen LogP contribution in [-0.2, 0) is 0 Å². The molecule has 1 aliphatic heterocycles. The van der Waals surface area contributed by atoms with Crippen LogP contribution in [0, 0.1) is 9.49 Å². The van der Waals surface area contributed by atoms with Crippen molar-refractivity contribution in [3.8, 4) is 11.5 Å². The van der Waals surface area contributed by atoms with Gasteiger partial charge < -0.3 is 15.5 Å². The molecule has 0 aromatic heterocycles. The summed E-state index contributed by atoms with van der Waals surface area (Å²) in [5.74, 6) is 1.01. The molecule has 2 aliphatic rings. The van der Waals surface area contributed by atoms with E-state index in [1.165, 1.54) is 15.2 Å². The maximum atomic E-state index is 10.2. The molecule has 0 radical (unpaired) electrons. The lowest BCUT2D eigenvalue weighted by atomic mass is 9.77. The Morgan fingerprint density at radius 2 is 1.91 bits per heavy atom. The molecule has 4 heteroatoms. The van der Waals surface area contributed by atoms with E-state index in [0.29, 0.717) is 11.8 Å². The number of allylic oxidation sites excluding steroid dienone is 2. The van der Waals surface area contributed by atoms with Crippen LogP contribution in [0.15, 0.2) is 48.6 Å². The third-order valence-corrected chi connectivity index (χ3v) is 5.34. The Labute approximate surface area is 142 Å². The highest BCUT2D eigenvalue weighted by Gasteiger charge is 2.38. The first kappa shape index (κ1) is 13.9. The zero-order chi connectivity index (χ0) is 15.3. The minimum absolute atomic E-state index is 0.0492. The van der Waals surface area contributed by atoms with Crippen molar-refractivity contribution in [2.45, 2.75) is 18.4 Å². The molecule has 3 unspecified atom stereocenters. The highest BCUT2D eigenvalue weighted by molar-refractivity contribution is 14.1. The Morgan fingerprint density at radius 1 is 1.05 bits per heavy atom. The Morgan fingerprint density at radius 3 is 2.73 bits per heavy atom. The van der Waals surface area contributed by atoms with Crippen LogP contribution in [0.3, 0.4) is 0 Å². The molecule has 3 atom stereocenters. The van der Waals surface area contributed by atoms with Gasteiger partial charge in [0.15, 0.2) is 0 Å². The molecule has 0 fully saturated rings. The van der Waals surface area contributed by atoms with Gasteiger partial charge in [0.25, 0.3) is 0 Å². The number of aromatic hydroxyl groups is 2. The molecule has 0 saturated heterocycles. The second-order valence-corrected chi connectivity index (χ2v) is 7.20. The van der Waals surface area contributed by atoms with Gasteiger partial charge in [-0.15, -0.1) is 0 Å². The van der Waals surface area contributed by atoms with Gasteiger partial charge in [0.05, 0.1) is 6.04 Å². The number of nitrogens with one attached hydrogen (secondary N) is 1. The summed E-state index contributed by atoms with van der Waals surface area (Å²) in [5, 5.41) is 23.3. The maximum Gasteiger partial charge on any atom is 0.124 e. The van der Waals surface area contributed by atoms with E-state index in [0.717, 1.165) is 17.7 Å². The van der Waals surface area contributed by atoms with Crippen molar-refractivity contribution in [1.29, 1.82) is 0 Å². The maximum absolute atomic E-state index is 10.2. The van der Waals surface area contributed by atoms with Crippen molar-refractivity contribution >= 4 is 28.3 Å². The van der Waals surface area contributed by atoms with Gasteiger partial charge in [-0.25, -0.2) is 0 Å². The number of phenolic OH excluding ortho intramolecular Hbond substituents is 2. The highest BCUT2D eigenvalue weighted by atomic mass is 127. The first-order valence-electron chi connectivity index (χ1n) is 7.38. The highest BCUT2D eigenvalue weighted by Crippen LogP contribution is 2.51. The lowest BCUT2D eigenvalue weighted by molar-refractivity contribution is 0.398. The second-order valence-electron chi connectivity index (χ2n) is 5.95. The number of hydrogen-bond donors (Lipinski definition) is 3. The monoisotopic (exact) mass is 405 g/mol. The fraction of sp³-hybridized carbons (Fsp3) is 0.222. The molecular formula is C18H16INO2. The number of rotatable bonds is 1. The van der Waals surface area contributed by atoms with Gasteiger partial charge in [0, 0.05) is 26.8 Å². The number of phenols is 2. The Kier molecular flexibility index (Phi) is 3.29. The first-order valence-corrected chi connectivity index (χ1v) is 8.46. The van der Waals surface area contributed by atoms with Gasteiger partial charge >= 0.3 is 0 Å². The van der Waals surface area contributed by atoms with E-state index >= 15 is 0 Å². The van der Waals surface area contributed by atoms with E-state index in [4.69, 9.17) is 0 Å². The Balaban J connectivity index is 1.81. The zero-order valence-electron chi connectivity index (χ0n) is 11.8. The average Bonchev–Trinajstić information content (AvgIpc) is 2.97. The van der Waals surface area contributed by atoms with E-state index in [-0.39, 0.29) is 17.5 Å². The molecule has 3 nitrogen and oxygen atoms in total. The lowest BCUT2D eigenvalue weighted by Gasteiger charge is -2.37. The van der Waals surface area contributed by atoms with E-state index < -0.39 is 0 Å². The fourth-order valence-corrected chi connectivity index (χ4v) is 4.18. The lowest BCUT2D eigenvalue weighted by Crippen LogP contribution is -2.29. The molecule has 0 bridgehead atoms. The smallest absolute Gasteiger partial charge is 0.124 e. The summed E-state index contributed by atoms with van der Waals surface area (Å²) < 4.78 is 1.24. The van der Waals surface area contributed by atoms with Crippen molar-refractivity contribution in [3.05, 3.63) is 63.2 Å². The topological polar surface area (TPSA) is 52.5 Å². The van der Waals surface area contributed by atoms with E-state index in [2.05, 4.69) is 58.3 Å². The van der Waals surface area contributed by atoms with Gasteiger partial charge in [0.1, 0.15) is 11.5 Å². The van der Waals surface area contributed by atoms with Crippen LogP contribution in [0.25, 0.3) is 0 Å². The molecule has 0 amide bonds. The summed E-state index contributed by atoms with van der Waals surface area (Å²) in [7, 11) is 0. The quantitative estimate of drug-likeness (QED) is 0.483. The van der Waals surface area contributed by atoms with Gasteiger partial charge in [-0.3, -0.25) is 0 Å². The molecule has 112 valence electrons. The molecule has 1 aliphatic carbocycles. The average molecular weight is 405 g/mol. The molecular weight excluding hydrogens is 389 g/mol. The minimum atomic E-state index is 0.0492. The summed E-state index contributed by atoms with van der Waals surface area (Å²) in [5.41, 5.74) is 3.31. The van der Waals surface area contributed by atoms with E-state index in [1.54, 1.807) is 6.07 Å². The summed E-state index contributed by atoms with van der Waals surface area (Å²) in [6.45, 7) is 0. The number of anilines is 1. The molecule has 2 aromatic rings. The Hall–Kier alpha value is -1.69. The third-order valence-electron chi connectivity index (χ3n) is 4.67. The van der Waals surface area contributed by atoms with Crippen molar-refractivity contribution < 1.29 is 10.2 Å². The van der Waals surface area contributed by atoms with Crippen LogP contribution in [0.2, 0.25) is 0 Å². The van der Waals surface area contributed by atoms with E-state index in [1.807, 2.05) is 6.07 Å². The van der Waals surface area contributed by atoms with Crippen molar-refractivity contribution in [3.63, 3.8) is 0 Å². The fourth-order valence-electron chi connectivity index (χ4n) is 3.67. The van der Waals surface area contributed by atoms with Crippen LogP contribution < -0.4 is 5.32 Å². The first-order chi connectivity index (χ1) is 10.6. The van der Waals surface area contributed by atoms with Crippen molar-refractivity contribution in [2.75, 3.05) is 5.32 Å². The van der Waals surface area contributed by atoms with Crippen molar-refractivity contribution in [2.24, 2.45) is 5.92 Å². The summed E-state index contributed by atoms with van der Waals surface area (Å²) >= 11 is 2.35. The zero-order valence-corrected chi connectivity index (χ0v) is 14.0. The largest absolute Gasteiger partial charge is 0.508 e. The van der Waals surface area contributed by atoms with Crippen LogP contribution in [-0.4, -0.2) is 10.2 Å². The number of halogens is 1. The molecule has 0 spiro atoms. The molecule has 4 rings (SSSR count). The van der Waals surface area contributed by atoms with E-state index in [9.17, 15) is 10.2 Å². The molecule has 3 N–H and O–H groups in total. The predicted molar refractivity (Wildman–Crippen MR) is 95.3 cm³/mol. The van der Waals surface area contributed by atoms with Crippen LogP contribution in [0.1, 0.15) is 29.5 Å². The van der Waals surface area contributed by atoms with Gasteiger partial charge in [0.2, 0.25) is 0 Å². The predicted octanol–water partition coefficient (Wildman–Crippen LogP) is 4.53. The van der Waals surface area contributed by atoms with Crippen LogP contribution in [0.4, 0.5) is 5.69 Å². The third kappa shape index (κ3) is 2.17. The van der Waals surface area contributed by atoms with Gasteiger partial charge in [-0.2, -0.15) is 0 Å². The summed E-state index contributed by atoms with van der Waals surface area (Å²) in [4.78, 5) is 0. The molecule has 1 heterocycles. The molecule has 0 saturated carbocycles. The van der Waals surface area contributed by atoms with Crippen LogP contribution >= 0.6 is 22.6 Å².